The molecule has 1 heterocycles. The Morgan fingerprint density at radius 2 is 1.92 bits per heavy atom. The van der Waals surface area contributed by atoms with Crippen molar-refractivity contribution in [3.63, 3.8) is 0 Å². The van der Waals surface area contributed by atoms with E-state index in [-0.39, 0.29) is 11.7 Å². The van der Waals surface area contributed by atoms with Crippen molar-refractivity contribution >= 4 is 29.2 Å². The molecule has 0 saturated carbocycles. The van der Waals surface area contributed by atoms with E-state index in [1.165, 1.54) is 12.1 Å². The molecule has 0 spiro atoms. The van der Waals surface area contributed by atoms with Crippen molar-refractivity contribution in [3.05, 3.63) is 47.2 Å². The molecule has 0 saturated heterocycles. The van der Waals surface area contributed by atoms with E-state index in [0.29, 0.717) is 0 Å². The van der Waals surface area contributed by atoms with Crippen molar-refractivity contribution in [2.75, 3.05) is 11.5 Å². The van der Waals surface area contributed by atoms with Crippen molar-refractivity contribution in [3.8, 4) is 11.8 Å². The predicted octanol–water partition coefficient (Wildman–Crippen LogP) is 2.67. The standard InChI is InChI=1S/C15H10ClF2N5O/c16-15(18)11-9(13(20)23-14(21)22-11)10(17)8(6-19)12(15)24-7-4-2-1-3-5-7/h1-5,12H,(H4,20,21,22,23). The van der Waals surface area contributed by atoms with Gasteiger partial charge in [-0.3, -0.25) is 0 Å². The summed E-state index contributed by atoms with van der Waals surface area (Å²) in [6.45, 7) is 0. The number of nitriles is 1. The van der Waals surface area contributed by atoms with Gasteiger partial charge < -0.3 is 16.2 Å². The number of alkyl halides is 2. The number of rotatable bonds is 2. The number of halogens is 3. The number of anilines is 2. The number of nitrogen functional groups attached to an aromatic ring is 2. The molecule has 3 rings (SSSR count). The smallest absolute Gasteiger partial charge is 0.267 e. The van der Waals surface area contributed by atoms with Gasteiger partial charge in [0.15, 0.2) is 11.9 Å². The SMILES string of the molecule is N#CC1=C(F)c2c(N)nc(N)nc2C(F)(Cl)C1Oc1ccccc1. The maximum Gasteiger partial charge on any atom is 0.267 e. The van der Waals surface area contributed by atoms with Gasteiger partial charge in [-0.05, 0) is 12.1 Å². The van der Waals surface area contributed by atoms with Gasteiger partial charge in [-0.25, -0.2) is 13.8 Å². The first-order valence-electron chi connectivity index (χ1n) is 6.69. The third-order valence-electron chi connectivity index (χ3n) is 3.44. The molecule has 0 aliphatic heterocycles. The van der Waals surface area contributed by atoms with E-state index in [0.717, 1.165) is 0 Å². The summed E-state index contributed by atoms with van der Waals surface area (Å²) in [5, 5.41) is 6.39. The minimum Gasteiger partial charge on any atom is -0.480 e. The molecule has 2 aromatic rings. The van der Waals surface area contributed by atoms with Gasteiger partial charge in [0.25, 0.3) is 5.13 Å². The highest BCUT2D eigenvalue weighted by atomic mass is 35.5. The molecule has 122 valence electrons. The van der Waals surface area contributed by atoms with Gasteiger partial charge in [0.1, 0.15) is 28.9 Å². The molecule has 24 heavy (non-hydrogen) atoms. The topological polar surface area (TPSA) is 111 Å². The Morgan fingerprint density at radius 1 is 1.25 bits per heavy atom. The van der Waals surface area contributed by atoms with Crippen LogP contribution in [0.1, 0.15) is 11.3 Å². The van der Waals surface area contributed by atoms with E-state index in [1.54, 1.807) is 24.3 Å². The summed E-state index contributed by atoms with van der Waals surface area (Å²) >= 11 is 5.96. The van der Waals surface area contributed by atoms with E-state index >= 15 is 4.39 Å². The van der Waals surface area contributed by atoms with Crippen LogP contribution in [0.15, 0.2) is 35.9 Å². The number of para-hydroxylation sites is 1. The molecule has 0 amide bonds. The summed E-state index contributed by atoms with van der Waals surface area (Å²) in [6.07, 6.45) is -1.77. The van der Waals surface area contributed by atoms with Gasteiger partial charge in [-0.2, -0.15) is 10.2 Å². The summed E-state index contributed by atoms with van der Waals surface area (Å²) in [4.78, 5) is 7.23. The molecule has 6 nitrogen and oxygen atoms in total. The highest BCUT2D eigenvalue weighted by Gasteiger charge is 2.53. The lowest BCUT2D eigenvalue weighted by Gasteiger charge is -2.33. The average molecular weight is 350 g/mol. The molecule has 1 aromatic carbocycles. The molecule has 2 unspecified atom stereocenters. The normalized spacial score (nSPS) is 22.7. The fourth-order valence-electron chi connectivity index (χ4n) is 2.38. The first-order chi connectivity index (χ1) is 11.4. The van der Waals surface area contributed by atoms with Gasteiger partial charge in [0.2, 0.25) is 5.95 Å². The second-order valence-electron chi connectivity index (χ2n) is 4.96. The number of nitrogens with two attached hydrogens (primary N) is 2. The molecule has 1 aliphatic rings. The Hall–Kier alpha value is -2.92. The first kappa shape index (κ1) is 16.0. The van der Waals surface area contributed by atoms with Crippen molar-refractivity contribution in [2.45, 2.75) is 11.2 Å². The van der Waals surface area contributed by atoms with Crippen LogP contribution in [-0.4, -0.2) is 16.1 Å². The van der Waals surface area contributed by atoms with E-state index < -0.39 is 39.7 Å². The number of hydrogen-bond donors (Lipinski definition) is 2. The fourth-order valence-corrected chi connectivity index (χ4v) is 2.68. The van der Waals surface area contributed by atoms with Crippen LogP contribution in [0.2, 0.25) is 0 Å². The Labute approximate surface area is 140 Å². The number of benzene rings is 1. The monoisotopic (exact) mass is 349 g/mol. The van der Waals surface area contributed by atoms with Crippen LogP contribution in [0.4, 0.5) is 20.5 Å². The molecule has 1 aliphatic carbocycles. The predicted molar refractivity (Wildman–Crippen MR) is 84.0 cm³/mol. The molecule has 2 atom stereocenters. The van der Waals surface area contributed by atoms with E-state index in [2.05, 4.69) is 9.97 Å². The van der Waals surface area contributed by atoms with Gasteiger partial charge in [-0.15, -0.1) is 0 Å². The Balaban J connectivity index is 2.21. The zero-order chi connectivity index (χ0) is 17.5. The fraction of sp³-hybridized carbons (Fsp3) is 0.133. The number of hydrogen-bond acceptors (Lipinski definition) is 6. The van der Waals surface area contributed by atoms with Crippen LogP contribution >= 0.6 is 11.6 Å². The Kier molecular flexibility index (Phi) is 3.73. The van der Waals surface area contributed by atoms with Crippen molar-refractivity contribution in [2.24, 2.45) is 0 Å². The minimum atomic E-state index is -2.86. The highest BCUT2D eigenvalue weighted by molar-refractivity contribution is 6.24. The molecule has 4 N–H and O–H groups in total. The van der Waals surface area contributed by atoms with Gasteiger partial charge in [0, 0.05) is 0 Å². The minimum absolute atomic E-state index is 0.198. The summed E-state index contributed by atoms with van der Waals surface area (Å²) < 4.78 is 35.4. The van der Waals surface area contributed by atoms with Crippen molar-refractivity contribution < 1.29 is 13.5 Å². The van der Waals surface area contributed by atoms with E-state index in [1.807, 2.05) is 0 Å². The van der Waals surface area contributed by atoms with E-state index in [4.69, 9.17) is 27.8 Å². The van der Waals surface area contributed by atoms with Crippen LogP contribution in [-0.2, 0) is 5.13 Å². The second kappa shape index (κ2) is 5.62. The quantitative estimate of drug-likeness (QED) is 0.806. The maximum absolute atomic E-state index is 15.3. The lowest BCUT2D eigenvalue weighted by atomic mass is 9.91. The zero-order valence-corrected chi connectivity index (χ0v) is 12.8. The lowest BCUT2D eigenvalue weighted by Crippen LogP contribution is -2.41. The van der Waals surface area contributed by atoms with Crippen LogP contribution in [0.5, 0.6) is 5.75 Å². The van der Waals surface area contributed by atoms with Crippen molar-refractivity contribution in [1.82, 2.24) is 9.97 Å². The number of fused-ring (bicyclic) bond motifs is 1. The number of ether oxygens (including phenoxy) is 1. The summed E-state index contributed by atoms with van der Waals surface area (Å²) in [7, 11) is 0. The van der Waals surface area contributed by atoms with Crippen molar-refractivity contribution in [1.29, 1.82) is 5.26 Å². The Bertz CT molecular complexity index is 879. The van der Waals surface area contributed by atoms with Crippen LogP contribution in [0, 0.1) is 11.3 Å². The second-order valence-corrected chi connectivity index (χ2v) is 5.51. The largest absolute Gasteiger partial charge is 0.480 e. The molecule has 0 fully saturated rings. The Morgan fingerprint density at radius 3 is 2.54 bits per heavy atom. The van der Waals surface area contributed by atoms with Gasteiger partial charge in [-0.1, -0.05) is 29.8 Å². The third-order valence-corrected chi connectivity index (χ3v) is 3.81. The zero-order valence-electron chi connectivity index (χ0n) is 12.0. The lowest BCUT2D eigenvalue weighted by molar-refractivity contribution is 0.0913. The van der Waals surface area contributed by atoms with Gasteiger partial charge in [0.05, 0.1) is 5.56 Å². The maximum atomic E-state index is 15.3. The van der Waals surface area contributed by atoms with E-state index in [9.17, 15) is 9.65 Å². The molecule has 0 bridgehead atoms. The van der Waals surface area contributed by atoms with Crippen LogP contribution < -0.4 is 16.2 Å². The van der Waals surface area contributed by atoms with Crippen LogP contribution in [0.25, 0.3) is 5.83 Å². The molecular weight excluding hydrogens is 340 g/mol. The molecule has 9 heteroatoms. The van der Waals surface area contributed by atoms with Gasteiger partial charge >= 0.3 is 0 Å². The number of nitrogens with zero attached hydrogens (tertiary/aromatic N) is 3. The first-order valence-corrected chi connectivity index (χ1v) is 7.07. The molecule has 1 aromatic heterocycles. The number of aromatic nitrogens is 2. The highest BCUT2D eigenvalue weighted by Crippen LogP contribution is 2.49. The molecule has 0 radical (unpaired) electrons. The summed E-state index contributed by atoms with van der Waals surface area (Å²) in [5.74, 6) is -1.69. The summed E-state index contributed by atoms with van der Waals surface area (Å²) in [5.41, 5.74) is 9.31. The summed E-state index contributed by atoms with van der Waals surface area (Å²) in [6, 6.07) is 9.57. The third kappa shape index (κ3) is 2.39. The average Bonchev–Trinajstić information content (AvgIpc) is 2.53. The van der Waals surface area contributed by atoms with Crippen LogP contribution in [0.3, 0.4) is 0 Å². The molecular formula is C15H10ClF2N5O.